The molecule has 1 amide bonds. The molecule has 1 fully saturated rings. The van der Waals surface area contributed by atoms with E-state index in [9.17, 15) is 4.79 Å². The van der Waals surface area contributed by atoms with Crippen LogP contribution < -0.4 is 4.90 Å². The van der Waals surface area contributed by atoms with Gasteiger partial charge in [0.1, 0.15) is 0 Å². The Labute approximate surface area is 147 Å². The molecular formula is C21H32N2O. The first-order valence-electron chi connectivity index (χ1n) is 9.36. The van der Waals surface area contributed by atoms with Crippen molar-refractivity contribution in [2.24, 2.45) is 5.92 Å². The molecule has 0 aliphatic carbocycles. The summed E-state index contributed by atoms with van der Waals surface area (Å²) in [6.45, 7) is 14.0. The molecule has 1 aliphatic rings. The first-order chi connectivity index (χ1) is 11.6. The van der Waals surface area contributed by atoms with Gasteiger partial charge in [-0.15, -0.1) is 0 Å². The highest BCUT2D eigenvalue weighted by Crippen LogP contribution is 2.26. The molecule has 0 unspecified atom stereocenters. The maximum absolute atomic E-state index is 12.9. The van der Waals surface area contributed by atoms with Gasteiger partial charge in [-0.05, 0) is 50.3 Å². The van der Waals surface area contributed by atoms with Crippen molar-refractivity contribution in [1.29, 1.82) is 0 Å². The minimum absolute atomic E-state index is 0.130. The molecule has 0 aromatic heterocycles. The average Bonchev–Trinajstić information content (AvgIpc) is 2.61. The van der Waals surface area contributed by atoms with Crippen LogP contribution in [0.3, 0.4) is 0 Å². The summed E-state index contributed by atoms with van der Waals surface area (Å²) in [5.74, 6) is 0.477. The summed E-state index contributed by atoms with van der Waals surface area (Å²) in [5, 5.41) is 0. The van der Waals surface area contributed by atoms with E-state index < -0.39 is 0 Å². The van der Waals surface area contributed by atoms with E-state index in [-0.39, 0.29) is 5.92 Å². The van der Waals surface area contributed by atoms with Crippen LogP contribution >= 0.6 is 0 Å². The van der Waals surface area contributed by atoms with Gasteiger partial charge in [0, 0.05) is 31.9 Å². The Hall–Kier alpha value is -1.77. The van der Waals surface area contributed by atoms with Crippen LogP contribution in [-0.2, 0) is 4.79 Å². The van der Waals surface area contributed by atoms with E-state index >= 15 is 0 Å². The highest BCUT2D eigenvalue weighted by atomic mass is 16.2. The molecular weight excluding hydrogens is 296 g/mol. The summed E-state index contributed by atoms with van der Waals surface area (Å²) in [4.78, 5) is 17.4. The van der Waals surface area contributed by atoms with Crippen molar-refractivity contribution in [2.45, 2.75) is 46.5 Å². The van der Waals surface area contributed by atoms with Crippen LogP contribution in [0.4, 0.5) is 5.69 Å². The standard InChI is InChI=1S/C21H32N2O/c1-5-12-22(13-6-2)21(24)19-10-8-14-23(16-19)20-11-7-9-18(15-20)17(3)4/h7,9,11,15,19H,3,5-6,8,10,12-14,16H2,1-2,4H3/t19-/m1/s1. The summed E-state index contributed by atoms with van der Waals surface area (Å²) < 4.78 is 0. The van der Waals surface area contributed by atoms with E-state index in [1.165, 1.54) is 11.3 Å². The van der Waals surface area contributed by atoms with E-state index in [1.807, 2.05) is 6.92 Å². The number of rotatable bonds is 7. The molecule has 1 aromatic carbocycles. The average molecular weight is 329 g/mol. The van der Waals surface area contributed by atoms with Gasteiger partial charge < -0.3 is 9.80 Å². The fourth-order valence-electron chi connectivity index (χ4n) is 3.51. The smallest absolute Gasteiger partial charge is 0.227 e. The minimum atomic E-state index is 0.130. The van der Waals surface area contributed by atoms with E-state index in [0.29, 0.717) is 5.91 Å². The van der Waals surface area contributed by atoms with Gasteiger partial charge in [0.2, 0.25) is 5.91 Å². The number of carbonyl (C=O) groups is 1. The number of benzene rings is 1. The second-order valence-corrected chi connectivity index (χ2v) is 6.94. The topological polar surface area (TPSA) is 23.6 Å². The zero-order chi connectivity index (χ0) is 17.5. The monoisotopic (exact) mass is 328 g/mol. The maximum atomic E-state index is 12.9. The van der Waals surface area contributed by atoms with Gasteiger partial charge in [0.15, 0.2) is 0 Å². The first-order valence-corrected chi connectivity index (χ1v) is 9.36. The minimum Gasteiger partial charge on any atom is -0.371 e. The number of anilines is 1. The Morgan fingerprint density at radius 3 is 2.62 bits per heavy atom. The molecule has 0 spiro atoms. The maximum Gasteiger partial charge on any atom is 0.227 e. The lowest BCUT2D eigenvalue weighted by Crippen LogP contribution is -2.45. The Balaban J connectivity index is 2.09. The zero-order valence-electron chi connectivity index (χ0n) is 15.6. The van der Waals surface area contributed by atoms with Crippen LogP contribution in [0.5, 0.6) is 0 Å². The molecule has 0 bridgehead atoms. The second-order valence-electron chi connectivity index (χ2n) is 6.94. The number of nitrogens with zero attached hydrogens (tertiary/aromatic N) is 2. The Kier molecular flexibility index (Phi) is 6.89. The van der Waals surface area contributed by atoms with Crippen molar-refractivity contribution in [1.82, 2.24) is 4.90 Å². The molecule has 1 heterocycles. The highest BCUT2D eigenvalue weighted by molar-refractivity contribution is 5.80. The number of piperidine rings is 1. The van der Waals surface area contributed by atoms with Gasteiger partial charge in [-0.25, -0.2) is 0 Å². The quantitative estimate of drug-likeness (QED) is 0.731. The summed E-state index contributed by atoms with van der Waals surface area (Å²) in [7, 11) is 0. The van der Waals surface area contributed by atoms with Gasteiger partial charge in [0.25, 0.3) is 0 Å². The molecule has 3 nitrogen and oxygen atoms in total. The molecule has 1 atom stereocenters. The molecule has 0 N–H and O–H groups in total. The van der Waals surface area contributed by atoms with Crippen LogP contribution in [-0.4, -0.2) is 37.0 Å². The van der Waals surface area contributed by atoms with Crippen LogP contribution in [0.15, 0.2) is 30.8 Å². The van der Waals surface area contributed by atoms with Crippen molar-refractivity contribution in [3.05, 3.63) is 36.4 Å². The van der Waals surface area contributed by atoms with E-state index in [2.05, 4.69) is 54.5 Å². The number of carbonyl (C=O) groups excluding carboxylic acids is 1. The van der Waals surface area contributed by atoms with Gasteiger partial charge >= 0.3 is 0 Å². The van der Waals surface area contributed by atoms with Crippen LogP contribution in [0.25, 0.3) is 5.57 Å². The molecule has 24 heavy (non-hydrogen) atoms. The molecule has 0 radical (unpaired) electrons. The van der Waals surface area contributed by atoms with Gasteiger partial charge in [0.05, 0.1) is 5.92 Å². The number of amides is 1. The predicted molar refractivity (Wildman–Crippen MR) is 103 cm³/mol. The lowest BCUT2D eigenvalue weighted by Gasteiger charge is -2.36. The number of hydrogen-bond donors (Lipinski definition) is 0. The summed E-state index contributed by atoms with van der Waals surface area (Å²) in [6.07, 6.45) is 4.16. The fourth-order valence-corrected chi connectivity index (χ4v) is 3.51. The normalized spacial score (nSPS) is 17.6. The SMILES string of the molecule is C=C(C)c1cccc(N2CCC[C@@H](C(=O)N(CCC)CCC)C2)c1. The van der Waals surface area contributed by atoms with Gasteiger partial charge in [-0.3, -0.25) is 4.79 Å². The van der Waals surface area contributed by atoms with Crippen molar-refractivity contribution in [3.8, 4) is 0 Å². The number of allylic oxidation sites excluding steroid dienone is 1. The molecule has 1 aliphatic heterocycles. The molecule has 0 saturated carbocycles. The van der Waals surface area contributed by atoms with Crippen LogP contribution in [0.1, 0.15) is 52.0 Å². The predicted octanol–water partition coefficient (Wildman–Crippen LogP) is 4.58. The summed E-state index contributed by atoms with van der Waals surface area (Å²) in [5.41, 5.74) is 3.48. The molecule has 132 valence electrons. The van der Waals surface area contributed by atoms with Gasteiger partial charge in [-0.1, -0.05) is 38.1 Å². The van der Waals surface area contributed by atoms with Crippen molar-refractivity contribution >= 4 is 17.2 Å². The summed E-state index contributed by atoms with van der Waals surface area (Å²) >= 11 is 0. The van der Waals surface area contributed by atoms with Crippen molar-refractivity contribution < 1.29 is 4.79 Å². The van der Waals surface area contributed by atoms with Crippen LogP contribution in [0.2, 0.25) is 0 Å². The Morgan fingerprint density at radius 2 is 2.00 bits per heavy atom. The highest BCUT2D eigenvalue weighted by Gasteiger charge is 2.29. The third-order valence-corrected chi connectivity index (χ3v) is 4.77. The molecule has 2 rings (SSSR count). The van der Waals surface area contributed by atoms with E-state index in [0.717, 1.165) is 57.4 Å². The lowest BCUT2D eigenvalue weighted by atomic mass is 9.95. The first kappa shape index (κ1) is 18.6. The van der Waals surface area contributed by atoms with E-state index in [4.69, 9.17) is 0 Å². The second kappa shape index (κ2) is 8.91. The molecule has 1 saturated heterocycles. The third-order valence-electron chi connectivity index (χ3n) is 4.77. The Bertz CT molecular complexity index is 561. The van der Waals surface area contributed by atoms with E-state index in [1.54, 1.807) is 0 Å². The Morgan fingerprint density at radius 1 is 1.29 bits per heavy atom. The summed E-state index contributed by atoms with van der Waals surface area (Å²) in [6, 6.07) is 8.54. The fraction of sp³-hybridized carbons (Fsp3) is 0.571. The number of hydrogen-bond acceptors (Lipinski definition) is 2. The third kappa shape index (κ3) is 4.62. The lowest BCUT2D eigenvalue weighted by molar-refractivity contribution is -0.135. The zero-order valence-corrected chi connectivity index (χ0v) is 15.6. The molecule has 3 heteroatoms. The largest absolute Gasteiger partial charge is 0.371 e. The van der Waals surface area contributed by atoms with Crippen molar-refractivity contribution in [2.75, 3.05) is 31.1 Å². The van der Waals surface area contributed by atoms with Crippen LogP contribution in [0, 0.1) is 5.92 Å². The van der Waals surface area contributed by atoms with Crippen molar-refractivity contribution in [3.63, 3.8) is 0 Å². The molecule has 1 aromatic rings. The van der Waals surface area contributed by atoms with Gasteiger partial charge in [-0.2, -0.15) is 0 Å².